The van der Waals surface area contributed by atoms with Crippen LogP contribution in [-0.4, -0.2) is 34.9 Å². The molecule has 1 unspecified atom stereocenters. The van der Waals surface area contributed by atoms with E-state index in [1.807, 2.05) is 35.2 Å². The number of aromatic nitrogens is 1. The highest BCUT2D eigenvalue weighted by molar-refractivity contribution is 6.30. The summed E-state index contributed by atoms with van der Waals surface area (Å²) in [5.74, 6) is 0.0104. The molecule has 1 fully saturated rings. The minimum Gasteiger partial charge on any atom is -0.334 e. The first-order chi connectivity index (χ1) is 10.7. The Morgan fingerprint density at radius 2 is 2.05 bits per heavy atom. The second-order valence-electron chi connectivity index (χ2n) is 5.50. The summed E-state index contributed by atoms with van der Waals surface area (Å²) < 4.78 is 0. The van der Waals surface area contributed by atoms with Gasteiger partial charge in [0.15, 0.2) is 0 Å². The molecule has 22 heavy (non-hydrogen) atoms. The van der Waals surface area contributed by atoms with Gasteiger partial charge in [0.2, 0.25) is 0 Å². The van der Waals surface area contributed by atoms with Crippen molar-refractivity contribution in [2.75, 3.05) is 13.1 Å². The number of carbonyl (C=O) groups is 1. The van der Waals surface area contributed by atoms with E-state index >= 15 is 0 Å². The van der Waals surface area contributed by atoms with Crippen molar-refractivity contribution in [2.45, 2.75) is 18.9 Å². The lowest BCUT2D eigenvalue weighted by molar-refractivity contribution is 0.0741. The zero-order valence-electron chi connectivity index (χ0n) is 12.2. The van der Waals surface area contributed by atoms with Crippen LogP contribution in [0.5, 0.6) is 0 Å². The number of rotatable bonds is 3. The van der Waals surface area contributed by atoms with E-state index in [0.29, 0.717) is 17.1 Å². The summed E-state index contributed by atoms with van der Waals surface area (Å²) in [7, 11) is 0. The summed E-state index contributed by atoms with van der Waals surface area (Å²) in [4.78, 5) is 18.7. The van der Waals surface area contributed by atoms with E-state index < -0.39 is 0 Å². The van der Waals surface area contributed by atoms with Crippen LogP contribution in [0.1, 0.15) is 23.2 Å². The van der Waals surface area contributed by atoms with Crippen molar-refractivity contribution in [3.8, 4) is 11.1 Å². The van der Waals surface area contributed by atoms with Crippen LogP contribution in [0.15, 0.2) is 42.7 Å². The minimum atomic E-state index is 0.0104. The van der Waals surface area contributed by atoms with Gasteiger partial charge in [-0.15, -0.1) is 0 Å². The molecule has 1 aromatic heterocycles. The van der Waals surface area contributed by atoms with E-state index in [0.717, 1.165) is 30.5 Å². The number of halogens is 1. The van der Waals surface area contributed by atoms with Gasteiger partial charge < -0.3 is 10.6 Å². The molecule has 2 aromatic rings. The maximum atomic E-state index is 12.7. The van der Waals surface area contributed by atoms with Gasteiger partial charge in [0, 0.05) is 42.1 Å². The van der Waals surface area contributed by atoms with Gasteiger partial charge >= 0.3 is 0 Å². The fraction of sp³-hybridized carbons (Fsp3) is 0.294. The van der Waals surface area contributed by atoms with Gasteiger partial charge in [-0.2, -0.15) is 0 Å². The van der Waals surface area contributed by atoms with Gasteiger partial charge in [-0.1, -0.05) is 23.7 Å². The predicted octanol–water partition coefficient (Wildman–Crippen LogP) is 2.97. The molecule has 1 atom stereocenters. The molecular weight excluding hydrogens is 298 g/mol. The molecule has 1 aliphatic rings. The van der Waals surface area contributed by atoms with E-state index in [9.17, 15) is 4.79 Å². The highest BCUT2D eigenvalue weighted by atomic mass is 35.5. The normalized spacial score (nSPS) is 17.7. The van der Waals surface area contributed by atoms with Gasteiger partial charge in [-0.3, -0.25) is 9.78 Å². The molecule has 3 rings (SSSR count). The van der Waals surface area contributed by atoms with Crippen molar-refractivity contribution in [1.82, 2.24) is 9.88 Å². The monoisotopic (exact) mass is 315 g/mol. The van der Waals surface area contributed by atoms with Gasteiger partial charge in [0.1, 0.15) is 0 Å². The van der Waals surface area contributed by atoms with E-state index in [4.69, 9.17) is 17.3 Å². The first-order valence-corrected chi connectivity index (χ1v) is 7.79. The molecule has 2 heterocycles. The van der Waals surface area contributed by atoms with Crippen LogP contribution < -0.4 is 5.73 Å². The molecule has 1 aromatic carbocycles. The number of pyridine rings is 1. The lowest BCUT2D eigenvalue weighted by atomic mass is 10.1. The van der Waals surface area contributed by atoms with Crippen molar-refractivity contribution in [3.05, 3.63) is 53.3 Å². The fourth-order valence-electron chi connectivity index (χ4n) is 2.87. The average Bonchev–Trinajstić information content (AvgIpc) is 3.03. The van der Waals surface area contributed by atoms with E-state index in [-0.39, 0.29) is 11.9 Å². The van der Waals surface area contributed by atoms with Crippen molar-refractivity contribution in [3.63, 3.8) is 0 Å². The molecule has 0 bridgehead atoms. The van der Waals surface area contributed by atoms with Crippen LogP contribution in [0.25, 0.3) is 11.1 Å². The third kappa shape index (κ3) is 2.98. The molecular formula is C17H18ClN3O. The van der Waals surface area contributed by atoms with E-state index in [1.165, 1.54) is 0 Å². The third-order valence-electron chi connectivity index (χ3n) is 4.07. The first kappa shape index (κ1) is 15.0. The summed E-state index contributed by atoms with van der Waals surface area (Å²) in [5.41, 5.74) is 8.26. The Balaban J connectivity index is 1.87. The average molecular weight is 316 g/mol. The molecule has 2 N–H and O–H groups in total. The second kappa shape index (κ2) is 6.46. The van der Waals surface area contributed by atoms with Crippen LogP contribution in [0.4, 0.5) is 0 Å². The standard InChI is InChI=1S/C17H18ClN3O/c18-15-5-3-12(4-6-15)13-8-14(11-20-10-13)17(22)21-7-1-2-16(21)9-19/h3-6,8,10-11,16H,1-2,7,9,19H2. The van der Waals surface area contributed by atoms with Crippen molar-refractivity contribution in [2.24, 2.45) is 5.73 Å². The maximum absolute atomic E-state index is 12.7. The summed E-state index contributed by atoms with van der Waals surface area (Å²) >= 11 is 5.91. The van der Waals surface area contributed by atoms with Crippen LogP contribution in [0.2, 0.25) is 5.02 Å². The van der Waals surface area contributed by atoms with Crippen LogP contribution in [0, 0.1) is 0 Å². The Morgan fingerprint density at radius 1 is 1.27 bits per heavy atom. The highest BCUT2D eigenvalue weighted by Crippen LogP contribution is 2.24. The van der Waals surface area contributed by atoms with Gasteiger partial charge in [-0.25, -0.2) is 0 Å². The van der Waals surface area contributed by atoms with Gasteiger partial charge in [0.05, 0.1) is 5.56 Å². The lowest BCUT2D eigenvalue weighted by Crippen LogP contribution is -2.39. The second-order valence-corrected chi connectivity index (χ2v) is 5.94. The molecule has 1 saturated heterocycles. The van der Waals surface area contributed by atoms with Crippen LogP contribution in [-0.2, 0) is 0 Å². The van der Waals surface area contributed by atoms with Crippen molar-refractivity contribution in [1.29, 1.82) is 0 Å². The Morgan fingerprint density at radius 3 is 2.77 bits per heavy atom. The summed E-state index contributed by atoms with van der Waals surface area (Å²) in [6, 6.07) is 9.53. The summed E-state index contributed by atoms with van der Waals surface area (Å²) in [6.07, 6.45) is 5.36. The highest BCUT2D eigenvalue weighted by Gasteiger charge is 2.28. The summed E-state index contributed by atoms with van der Waals surface area (Å²) in [6.45, 7) is 1.28. The number of amides is 1. The minimum absolute atomic E-state index is 0.0104. The molecule has 1 amide bonds. The number of nitrogens with two attached hydrogens (primary N) is 1. The SMILES string of the molecule is NCC1CCCN1C(=O)c1cncc(-c2ccc(Cl)cc2)c1. The lowest BCUT2D eigenvalue weighted by Gasteiger charge is -2.23. The van der Waals surface area contributed by atoms with E-state index in [2.05, 4.69) is 4.98 Å². The quantitative estimate of drug-likeness (QED) is 0.947. The maximum Gasteiger partial charge on any atom is 0.255 e. The zero-order valence-corrected chi connectivity index (χ0v) is 13.0. The summed E-state index contributed by atoms with van der Waals surface area (Å²) in [5, 5.41) is 0.687. The molecule has 4 nitrogen and oxygen atoms in total. The van der Waals surface area contributed by atoms with E-state index in [1.54, 1.807) is 12.4 Å². The molecule has 0 radical (unpaired) electrons. The van der Waals surface area contributed by atoms with Gasteiger partial charge in [-0.05, 0) is 36.6 Å². The number of likely N-dealkylation sites (tertiary alicyclic amines) is 1. The Kier molecular flexibility index (Phi) is 4.41. The zero-order chi connectivity index (χ0) is 15.5. The number of hydrogen-bond donors (Lipinski definition) is 1. The molecule has 0 spiro atoms. The van der Waals surface area contributed by atoms with Crippen LogP contribution in [0.3, 0.4) is 0 Å². The smallest absolute Gasteiger partial charge is 0.255 e. The number of benzene rings is 1. The predicted molar refractivity (Wildman–Crippen MR) is 87.8 cm³/mol. The first-order valence-electron chi connectivity index (χ1n) is 7.41. The van der Waals surface area contributed by atoms with Gasteiger partial charge in [0.25, 0.3) is 5.91 Å². The fourth-order valence-corrected chi connectivity index (χ4v) is 3.00. The molecule has 0 aliphatic carbocycles. The Bertz CT molecular complexity index is 672. The Labute approximate surface area is 134 Å². The van der Waals surface area contributed by atoms with Crippen molar-refractivity contribution >= 4 is 17.5 Å². The molecule has 5 heteroatoms. The number of nitrogens with zero attached hydrogens (tertiary/aromatic N) is 2. The molecule has 0 saturated carbocycles. The van der Waals surface area contributed by atoms with Crippen LogP contribution >= 0.6 is 11.6 Å². The topological polar surface area (TPSA) is 59.2 Å². The number of carbonyl (C=O) groups excluding carboxylic acids is 1. The molecule has 1 aliphatic heterocycles. The molecule has 114 valence electrons. The third-order valence-corrected chi connectivity index (χ3v) is 4.32. The van der Waals surface area contributed by atoms with Crippen molar-refractivity contribution < 1.29 is 4.79 Å². The Hall–Kier alpha value is -1.91. The number of hydrogen-bond acceptors (Lipinski definition) is 3. The largest absolute Gasteiger partial charge is 0.334 e.